The molecule has 4 heteroatoms. The summed E-state index contributed by atoms with van der Waals surface area (Å²) in [5, 5.41) is 3.41. The summed E-state index contributed by atoms with van der Waals surface area (Å²) in [5.41, 5.74) is 3.43. The lowest BCUT2D eigenvalue weighted by molar-refractivity contribution is 0.410. The van der Waals surface area contributed by atoms with Gasteiger partial charge in [0.05, 0.1) is 7.11 Å². The Morgan fingerprint density at radius 1 is 1.05 bits per heavy atom. The molecule has 2 aromatic rings. The normalized spacial score (nSPS) is 10.3. The van der Waals surface area contributed by atoms with Crippen molar-refractivity contribution in [2.75, 3.05) is 12.4 Å². The van der Waals surface area contributed by atoms with Gasteiger partial charge in [-0.3, -0.25) is 0 Å². The third kappa shape index (κ3) is 3.98. The second-order valence-electron chi connectivity index (χ2n) is 4.33. The topological polar surface area (TPSA) is 21.3 Å². The zero-order valence-electron chi connectivity index (χ0n) is 10.8. The van der Waals surface area contributed by atoms with E-state index < -0.39 is 0 Å². The van der Waals surface area contributed by atoms with Crippen molar-refractivity contribution in [1.82, 2.24) is 0 Å². The van der Waals surface area contributed by atoms with Crippen molar-refractivity contribution in [2.45, 2.75) is 13.5 Å². The van der Waals surface area contributed by atoms with Crippen LogP contribution in [0.1, 0.15) is 11.1 Å². The minimum absolute atomic E-state index is 0.721. The largest absolute Gasteiger partial charge is 0.496 e. The number of aryl methyl sites for hydroxylation is 1. The summed E-state index contributed by atoms with van der Waals surface area (Å²) in [7, 11) is 1.69. The molecule has 0 bridgehead atoms. The van der Waals surface area contributed by atoms with Crippen molar-refractivity contribution < 1.29 is 4.74 Å². The monoisotopic (exact) mass is 383 g/mol. The van der Waals surface area contributed by atoms with Crippen LogP contribution in [0.5, 0.6) is 5.75 Å². The molecule has 19 heavy (non-hydrogen) atoms. The molecule has 0 amide bonds. The van der Waals surface area contributed by atoms with Crippen molar-refractivity contribution in [1.29, 1.82) is 0 Å². The number of hydrogen-bond acceptors (Lipinski definition) is 2. The fourth-order valence-corrected chi connectivity index (χ4v) is 2.94. The van der Waals surface area contributed by atoms with E-state index in [0.717, 1.165) is 32.5 Å². The molecule has 0 radical (unpaired) electrons. The third-order valence-electron chi connectivity index (χ3n) is 2.77. The van der Waals surface area contributed by atoms with Crippen LogP contribution in [-0.2, 0) is 6.54 Å². The Morgan fingerprint density at radius 3 is 2.53 bits per heavy atom. The van der Waals surface area contributed by atoms with Crippen LogP contribution >= 0.6 is 31.9 Å². The summed E-state index contributed by atoms with van der Waals surface area (Å²) in [5.74, 6) is 0.891. The van der Waals surface area contributed by atoms with Crippen LogP contribution in [0, 0.1) is 6.92 Å². The van der Waals surface area contributed by atoms with Crippen LogP contribution in [0.15, 0.2) is 45.3 Å². The number of rotatable bonds is 4. The first-order chi connectivity index (χ1) is 9.08. The van der Waals surface area contributed by atoms with Crippen LogP contribution in [0.4, 0.5) is 5.69 Å². The van der Waals surface area contributed by atoms with Crippen LogP contribution in [0.3, 0.4) is 0 Å². The lowest BCUT2D eigenvalue weighted by atomic mass is 10.2. The molecule has 0 unspecified atom stereocenters. The first kappa shape index (κ1) is 14.4. The summed E-state index contributed by atoms with van der Waals surface area (Å²) in [6.45, 7) is 2.80. The Kier molecular flexibility index (Phi) is 4.88. The van der Waals surface area contributed by atoms with Crippen LogP contribution in [0.25, 0.3) is 0 Å². The quantitative estimate of drug-likeness (QED) is 0.787. The van der Waals surface area contributed by atoms with Crippen LogP contribution in [0.2, 0.25) is 0 Å². The number of hydrogen-bond donors (Lipinski definition) is 1. The highest BCUT2D eigenvalue weighted by Crippen LogP contribution is 2.25. The summed E-state index contributed by atoms with van der Waals surface area (Å²) in [6.07, 6.45) is 0. The van der Waals surface area contributed by atoms with Crippen molar-refractivity contribution >= 4 is 37.5 Å². The molecule has 0 aromatic heterocycles. The van der Waals surface area contributed by atoms with Gasteiger partial charge in [0.1, 0.15) is 5.75 Å². The average Bonchev–Trinajstić information content (AvgIpc) is 2.35. The van der Waals surface area contributed by atoms with Crippen molar-refractivity contribution in [3.05, 3.63) is 56.5 Å². The highest BCUT2D eigenvalue weighted by atomic mass is 79.9. The van der Waals surface area contributed by atoms with Gasteiger partial charge in [-0.25, -0.2) is 0 Å². The first-order valence-electron chi connectivity index (χ1n) is 5.92. The summed E-state index contributed by atoms with van der Waals surface area (Å²) in [6, 6.07) is 12.3. The number of methoxy groups -OCH3 is 1. The van der Waals surface area contributed by atoms with Gasteiger partial charge in [-0.15, -0.1) is 0 Å². The minimum atomic E-state index is 0.721. The van der Waals surface area contributed by atoms with Crippen molar-refractivity contribution in [3.63, 3.8) is 0 Å². The molecule has 0 saturated heterocycles. The highest BCUT2D eigenvalue weighted by Gasteiger charge is 2.04. The smallest absolute Gasteiger partial charge is 0.123 e. The highest BCUT2D eigenvalue weighted by molar-refractivity contribution is 9.10. The Bertz CT molecular complexity index is 564. The van der Waals surface area contributed by atoms with E-state index >= 15 is 0 Å². The Hall–Kier alpha value is -1.00. The number of anilines is 1. The lowest BCUT2D eigenvalue weighted by Crippen LogP contribution is -2.02. The summed E-state index contributed by atoms with van der Waals surface area (Å²) >= 11 is 6.99. The predicted octanol–water partition coefficient (Wildman–Crippen LogP) is 5.14. The van der Waals surface area contributed by atoms with Crippen LogP contribution < -0.4 is 10.1 Å². The molecular formula is C15H15Br2NO. The molecule has 0 aliphatic rings. The average molecular weight is 385 g/mol. The fourth-order valence-electron chi connectivity index (χ4n) is 1.92. The standard InChI is InChI=1S/C15H15Br2NO/c1-10-5-13(17)8-14(6-10)18-9-11-7-12(16)3-4-15(11)19-2/h3-8,18H,9H2,1-2H3. The van der Waals surface area contributed by atoms with Crippen molar-refractivity contribution in [3.8, 4) is 5.75 Å². The maximum atomic E-state index is 5.37. The van der Waals surface area contributed by atoms with E-state index in [0.29, 0.717) is 0 Å². The third-order valence-corrected chi connectivity index (χ3v) is 3.72. The van der Waals surface area contributed by atoms with E-state index in [1.54, 1.807) is 7.11 Å². The molecule has 0 saturated carbocycles. The second-order valence-corrected chi connectivity index (χ2v) is 6.16. The molecule has 2 rings (SSSR count). The van der Waals surface area contributed by atoms with Crippen LogP contribution in [-0.4, -0.2) is 7.11 Å². The summed E-state index contributed by atoms with van der Waals surface area (Å²) < 4.78 is 7.50. The predicted molar refractivity (Wildman–Crippen MR) is 86.9 cm³/mol. The number of benzene rings is 2. The molecule has 1 N–H and O–H groups in total. The number of halogens is 2. The first-order valence-corrected chi connectivity index (χ1v) is 7.50. The summed E-state index contributed by atoms with van der Waals surface area (Å²) in [4.78, 5) is 0. The molecule has 0 spiro atoms. The van der Waals surface area contributed by atoms with Gasteiger partial charge in [-0.2, -0.15) is 0 Å². The maximum absolute atomic E-state index is 5.37. The Morgan fingerprint density at radius 2 is 1.84 bits per heavy atom. The second kappa shape index (κ2) is 6.44. The van der Waals surface area contributed by atoms with Gasteiger partial charge in [0, 0.05) is 26.7 Å². The van der Waals surface area contributed by atoms with Gasteiger partial charge in [-0.05, 0) is 48.9 Å². The number of nitrogens with one attached hydrogen (secondary N) is 1. The lowest BCUT2D eigenvalue weighted by Gasteiger charge is -2.12. The molecule has 2 aromatic carbocycles. The Labute approximate surface area is 130 Å². The zero-order chi connectivity index (χ0) is 13.8. The molecular weight excluding hydrogens is 370 g/mol. The van der Waals surface area contributed by atoms with Gasteiger partial charge in [0.2, 0.25) is 0 Å². The molecule has 0 aliphatic heterocycles. The van der Waals surface area contributed by atoms with E-state index in [-0.39, 0.29) is 0 Å². The molecule has 0 aliphatic carbocycles. The molecule has 100 valence electrons. The van der Waals surface area contributed by atoms with E-state index in [2.05, 4.69) is 68.4 Å². The zero-order valence-corrected chi connectivity index (χ0v) is 14.0. The Balaban J connectivity index is 2.16. The molecule has 0 heterocycles. The van der Waals surface area contributed by atoms with Gasteiger partial charge < -0.3 is 10.1 Å². The van der Waals surface area contributed by atoms with E-state index in [4.69, 9.17) is 4.74 Å². The molecule has 0 fully saturated rings. The minimum Gasteiger partial charge on any atom is -0.496 e. The molecule has 0 atom stereocenters. The van der Waals surface area contributed by atoms with Gasteiger partial charge in [0.25, 0.3) is 0 Å². The van der Waals surface area contributed by atoms with E-state index in [9.17, 15) is 0 Å². The maximum Gasteiger partial charge on any atom is 0.123 e. The van der Waals surface area contributed by atoms with Gasteiger partial charge >= 0.3 is 0 Å². The molecule has 2 nitrogen and oxygen atoms in total. The van der Waals surface area contributed by atoms with E-state index in [1.165, 1.54) is 5.56 Å². The van der Waals surface area contributed by atoms with Gasteiger partial charge in [-0.1, -0.05) is 31.9 Å². The SMILES string of the molecule is COc1ccc(Br)cc1CNc1cc(C)cc(Br)c1. The fraction of sp³-hybridized carbons (Fsp3) is 0.200. The van der Waals surface area contributed by atoms with E-state index in [1.807, 2.05) is 12.1 Å². The van der Waals surface area contributed by atoms with Crippen molar-refractivity contribution in [2.24, 2.45) is 0 Å². The van der Waals surface area contributed by atoms with Gasteiger partial charge in [0.15, 0.2) is 0 Å². The number of ether oxygens (including phenoxy) is 1.